The first kappa shape index (κ1) is 23.4. The molecule has 2 aliphatic rings. The van der Waals surface area contributed by atoms with Crippen LogP contribution < -0.4 is 22.0 Å². The molecule has 1 aliphatic heterocycles. The molecule has 0 saturated heterocycles. The largest absolute Gasteiger partial charge is 0.341 e. The smallest absolute Gasteiger partial charge is 0.269 e. The maximum Gasteiger partial charge on any atom is 0.341 e. The third-order valence-electron chi connectivity index (χ3n) is 5.82. The van der Waals surface area contributed by atoms with Gasteiger partial charge in [0.05, 0.1) is 29.5 Å². The number of aromatic nitrogens is 3. The molecule has 4 rings (SSSR count). The van der Waals surface area contributed by atoms with Crippen molar-refractivity contribution in [3.8, 4) is 5.69 Å². The van der Waals surface area contributed by atoms with Crippen LogP contribution in [0, 0.1) is 5.82 Å². The summed E-state index contributed by atoms with van der Waals surface area (Å²) < 4.78 is 17.1. The molecule has 0 radical (unpaired) electrons. The number of hydrogen-bond acceptors (Lipinski definition) is 5. The van der Waals surface area contributed by atoms with Crippen LogP contribution in [0.3, 0.4) is 0 Å². The fourth-order valence-electron chi connectivity index (χ4n) is 4.24. The van der Waals surface area contributed by atoms with E-state index in [-0.39, 0.29) is 23.8 Å². The highest BCUT2D eigenvalue weighted by Gasteiger charge is 2.41. The molecule has 9 nitrogen and oxygen atoms in total. The van der Waals surface area contributed by atoms with Crippen LogP contribution >= 0.6 is 11.6 Å². The van der Waals surface area contributed by atoms with E-state index in [1.165, 1.54) is 12.2 Å². The molecule has 0 spiro atoms. The first-order valence-electron chi connectivity index (χ1n) is 10.5. The standard InChI is InChI=1S/C23H20ClFN4O5/c1-3-9-26-21(32)27(10-4-2)23(34)29(22(26)33)17-12-18(16(25)11-15(17)24)28-19(30)13-7-5-6-8-14(13)20(28)31/h3-4,11-12H,1-2,5-10H2. The van der Waals surface area contributed by atoms with Gasteiger partial charge in [0.15, 0.2) is 0 Å². The Balaban J connectivity index is 1.97. The maximum absolute atomic E-state index is 15.0. The van der Waals surface area contributed by atoms with E-state index >= 15 is 0 Å². The number of carbonyl (C=O) groups is 2. The monoisotopic (exact) mass is 486 g/mol. The van der Waals surface area contributed by atoms with Gasteiger partial charge in [-0.05, 0) is 37.8 Å². The minimum absolute atomic E-state index is 0.208. The molecule has 0 atom stereocenters. The Morgan fingerprint density at radius 2 is 1.32 bits per heavy atom. The van der Waals surface area contributed by atoms with Crippen LogP contribution in [-0.2, 0) is 22.7 Å². The second kappa shape index (κ2) is 8.86. The Bertz CT molecular complexity index is 1400. The van der Waals surface area contributed by atoms with E-state index < -0.39 is 40.4 Å². The molecule has 1 aromatic heterocycles. The summed E-state index contributed by atoms with van der Waals surface area (Å²) in [6.07, 6.45) is 4.90. The minimum Gasteiger partial charge on any atom is -0.269 e. The number of benzene rings is 1. The van der Waals surface area contributed by atoms with Gasteiger partial charge in [-0.1, -0.05) is 23.8 Å². The summed E-state index contributed by atoms with van der Waals surface area (Å²) in [5.41, 5.74) is -2.99. The number of carbonyl (C=O) groups excluding carboxylic acids is 2. The molecule has 11 heteroatoms. The van der Waals surface area contributed by atoms with Crippen molar-refractivity contribution in [2.75, 3.05) is 4.90 Å². The molecule has 0 unspecified atom stereocenters. The lowest BCUT2D eigenvalue weighted by atomic mass is 9.93. The molecule has 0 fully saturated rings. The lowest BCUT2D eigenvalue weighted by Gasteiger charge is -2.19. The van der Waals surface area contributed by atoms with Gasteiger partial charge in [0, 0.05) is 11.1 Å². The van der Waals surface area contributed by atoms with Gasteiger partial charge in [-0.15, -0.1) is 13.2 Å². The van der Waals surface area contributed by atoms with Crippen molar-refractivity contribution in [2.45, 2.75) is 38.8 Å². The molecule has 0 saturated carbocycles. The number of imide groups is 1. The van der Waals surface area contributed by atoms with E-state index in [0.717, 1.165) is 34.1 Å². The Morgan fingerprint density at radius 3 is 1.79 bits per heavy atom. The van der Waals surface area contributed by atoms with Crippen LogP contribution in [-0.4, -0.2) is 25.5 Å². The Hall–Kier alpha value is -3.79. The predicted octanol–water partition coefficient (Wildman–Crippen LogP) is 2.07. The third kappa shape index (κ3) is 3.50. The molecule has 2 heterocycles. The van der Waals surface area contributed by atoms with Crippen molar-refractivity contribution in [3.63, 3.8) is 0 Å². The molecular weight excluding hydrogens is 467 g/mol. The van der Waals surface area contributed by atoms with Gasteiger partial charge < -0.3 is 0 Å². The zero-order chi connectivity index (χ0) is 24.7. The number of halogens is 2. The van der Waals surface area contributed by atoms with Crippen LogP contribution in [0.15, 0.2) is 63.0 Å². The van der Waals surface area contributed by atoms with Gasteiger partial charge in [-0.2, -0.15) is 0 Å². The van der Waals surface area contributed by atoms with Gasteiger partial charge in [-0.25, -0.2) is 37.4 Å². The van der Waals surface area contributed by atoms with E-state index in [4.69, 9.17) is 11.6 Å². The molecule has 1 aromatic carbocycles. The topological polar surface area (TPSA) is 103 Å². The fraction of sp³-hybridized carbons (Fsp3) is 0.261. The quantitative estimate of drug-likeness (QED) is 0.459. The van der Waals surface area contributed by atoms with Gasteiger partial charge in [0.25, 0.3) is 11.8 Å². The van der Waals surface area contributed by atoms with Crippen molar-refractivity contribution in [1.29, 1.82) is 0 Å². The Kier molecular flexibility index (Phi) is 6.09. The second-order valence-corrected chi connectivity index (χ2v) is 8.25. The number of anilines is 1. The van der Waals surface area contributed by atoms with Gasteiger partial charge in [0.2, 0.25) is 0 Å². The number of hydrogen-bond donors (Lipinski definition) is 0. The van der Waals surface area contributed by atoms with E-state index in [9.17, 15) is 28.4 Å². The number of amides is 2. The Morgan fingerprint density at radius 1 is 0.824 bits per heavy atom. The van der Waals surface area contributed by atoms with Crippen LogP contribution in [0.25, 0.3) is 5.69 Å². The number of allylic oxidation sites excluding steroid dienone is 2. The van der Waals surface area contributed by atoms with Crippen LogP contribution in [0.1, 0.15) is 25.7 Å². The summed E-state index contributed by atoms with van der Waals surface area (Å²) in [6.45, 7) is 6.60. The van der Waals surface area contributed by atoms with E-state index in [1.807, 2.05) is 0 Å². The van der Waals surface area contributed by atoms with Gasteiger partial charge >= 0.3 is 17.1 Å². The normalized spacial score (nSPS) is 15.6. The predicted molar refractivity (Wildman–Crippen MR) is 124 cm³/mol. The third-order valence-corrected chi connectivity index (χ3v) is 6.12. The molecule has 0 N–H and O–H groups in total. The van der Waals surface area contributed by atoms with Crippen molar-refractivity contribution in [3.05, 3.63) is 90.9 Å². The SMILES string of the molecule is C=CCn1c(=O)n(CC=C)c(=O)n(-c2cc(N3C(=O)C4=C(CCCC4)C3=O)c(F)cc2Cl)c1=O. The van der Waals surface area contributed by atoms with Crippen molar-refractivity contribution in [1.82, 2.24) is 13.7 Å². The second-order valence-electron chi connectivity index (χ2n) is 7.85. The maximum atomic E-state index is 15.0. The van der Waals surface area contributed by atoms with E-state index in [2.05, 4.69) is 13.2 Å². The van der Waals surface area contributed by atoms with Crippen molar-refractivity contribution in [2.24, 2.45) is 0 Å². The van der Waals surface area contributed by atoms with Crippen LogP contribution in [0.2, 0.25) is 5.02 Å². The lowest BCUT2D eigenvalue weighted by molar-refractivity contribution is -0.120. The first-order chi connectivity index (χ1) is 16.2. The summed E-state index contributed by atoms with van der Waals surface area (Å²) >= 11 is 6.21. The molecule has 2 aromatic rings. The van der Waals surface area contributed by atoms with Crippen molar-refractivity contribution < 1.29 is 14.0 Å². The van der Waals surface area contributed by atoms with Gasteiger partial charge in [-0.3, -0.25) is 9.59 Å². The minimum atomic E-state index is -1.04. The lowest BCUT2D eigenvalue weighted by Crippen LogP contribution is -2.53. The number of nitrogens with zero attached hydrogens (tertiary/aromatic N) is 4. The fourth-order valence-corrected chi connectivity index (χ4v) is 4.47. The highest BCUT2D eigenvalue weighted by atomic mass is 35.5. The molecule has 176 valence electrons. The van der Waals surface area contributed by atoms with Crippen LogP contribution in [0.4, 0.5) is 10.1 Å². The highest BCUT2D eigenvalue weighted by molar-refractivity contribution is 6.34. The summed E-state index contributed by atoms with van der Waals surface area (Å²) in [4.78, 5) is 65.4. The zero-order valence-corrected chi connectivity index (χ0v) is 18.8. The van der Waals surface area contributed by atoms with E-state index in [1.54, 1.807) is 0 Å². The average molecular weight is 487 g/mol. The van der Waals surface area contributed by atoms with Crippen LogP contribution in [0.5, 0.6) is 0 Å². The van der Waals surface area contributed by atoms with Gasteiger partial charge in [0.1, 0.15) is 5.82 Å². The van der Waals surface area contributed by atoms with E-state index in [0.29, 0.717) is 33.5 Å². The first-order valence-corrected chi connectivity index (χ1v) is 10.9. The van der Waals surface area contributed by atoms with Crippen molar-refractivity contribution >= 4 is 29.1 Å². The molecular formula is C23H20ClFN4O5. The molecule has 1 aliphatic carbocycles. The number of rotatable bonds is 6. The summed E-state index contributed by atoms with van der Waals surface area (Å²) in [5, 5.41) is -0.328. The summed E-state index contributed by atoms with van der Waals surface area (Å²) in [5.74, 6) is -2.26. The summed E-state index contributed by atoms with van der Waals surface area (Å²) in [6, 6.07) is 1.81. The molecule has 34 heavy (non-hydrogen) atoms. The molecule has 0 bridgehead atoms. The zero-order valence-electron chi connectivity index (χ0n) is 18.1. The summed E-state index contributed by atoms with van der Waals surface area (Å²) in [7, 11) is 0. The highest BCUT2D eigenvalue weighted by Crippen LogP contribution is 2.38. The Labute approximate surface area is 197 Å². The average Bonchev–Trinajstić information content (AvgIpc) is 3.06. The molecule has 2 amide bonds.